The van der Waals surface area contributed by atoms with Gasteiger partial charge in [-0.25, -0.2) is 0 Å². The molecule has 0 spiro atoms. The monoisotopic (exact) mass is 379 g/mol. The quantitative estimate of drug-likeness (QED) is 0.620. The van der Waals surface area contributed by atoms with Crippen LogP contribution in [0, 0.1) is 5.92 Å². The lowest BCUT2D eigenvalue weighted by Crippen LogP contribution is -2.57. The van der Waals surface area contributed by atoms with Crippen LogP contribution in [0.4, 0.5) is 0 Å². The maximum Gasteiger partial charge on any atom is 0.319 e. The lowest BCUT2D eigenvalue weighted by molar-refractivity contribution is -0.142. The van der Waals surface area contributed by atoms with Gasteiger partial charge in [-0.2, -0.15) is 0 Å². The van der Waals surface area contributed by atoms with Gasteiger partial charge in [-0.05, 0) is 43.7 Å². The number of ether oxygens (including phenoxy) is 1. The van der Waals surface area contributed by atoms with Gasteiger partial charge in [0.15, 0.2) is 5.78 Å². The number of methoxy groups -OCH3 is 1. The largest absolute Gasteiger partial charge is 0.468 e. The van der Waals surface area contributed by atoms with Crippen LogP contribution in [0.3, 0.4) is 0 Å². The van der Waals surface area contributed by atoms with E-state index in [2.05, 4.69) is 15.1 Å². The van der Waals surface area contributed by atoms with E-state index in [-0.39, 0.29) is 23.8 Å². The maximum absolute atomic E-state index is 12.8. The Balaban J connectivity index is 1.53. The van der Waals surface area contributed by atoms with Crippen LogP contribution in [0.1, 0.15) is 23.2 Å². The van der Waals surface area contributed by atoms with Crippen LogP contribution in [0.15, 0.2) is 24.3 Å². The predicted molar refractivity (Wildman–Crippen MR) is 100 cm³/mol. The highest BCUT2D eigenvalue weighted by molar-refractivity contribution is 6.30. The molecule has 2 fully saturated rings. The molecule has 2 atom stereocenters. The number of piperazine rings is 1. The predicted octanol–water partition coefficient (Wildman–Crippen LogP) is 1.64. The molecule has 0 aliphatic carbocycles. The molecule has 1 aromatic carbocycles. The van der Waals surface area contributed by atoms with Crippen molar-refractivity contribution < 1.29 is 14.3 Å². The standard InChI is InChI=1S/C19H26ClN3O3/c1-26-18(24)13-22-8-10-23(11-9-22)17-12-15(6-7-21-17)19(25)14-2-4-16(20)5-3-14/h2-5,15,17,21H,6-13H2,1H3. The van der Waals surface area contributed by atoms with E-state index >= 15 is 0 Å². The first-order valence-electron chi connectivity index (χ1n) is 9.13. The van der Waals surface area contributed by atoms with Gasteiger partial charge >= 0.3 is 5.97 Å². The van der Waals surface area contributed by atoms with Crippen LogP contribution in [-0.4, -0.2) is 74.1 Å². The van der Waals surface area contributed by atoms with Crippen molar-refractivity contribution in [2.24, 2.45) is 5.92 Å². The summed E-state index contributed by atoms with van der Waals surface area (Å²) in [5.41, 5.74) is 0.739. The summed E-state index contributed by atoms with van der Waals surface area (Å²) < 4.78 is 4.73. The van der Waals surface area contributed by atoms with Crippen LogP contribution >= 0.6 is 11.6 Å². The van der Waals surface area contributed by atoms with Gasteiger partial charge in [0.05, 0.1) is 19.8 Å². The summed E-state index contributed by atoms with van der Waals surface area (Å²) in [6.45, 7) is 4.64. The molecule has 0 bridgehead atoms. The Morgan fingerprint density at radius 2 is 1.88 bits per heavy atom. The zero-order chi connectivity index (χ0) is 18.5. The van der Waals surface area contributed by atoms with E-state index in [1.165, 1.54) is 7.11 Å². The second-order valence-electron chi connectivity index (χ2n) is 6.95. The number of carbonyl (C=O) groups is 2. The summed E-state index contributed by atoms with van der Waals surface area (Å²) in [6, 6.07) is 7.17. The van der Waals surface area contributed by atoms with E-state index in [9.17, 15) is 9.59 Å². The number of esters is 1. The van der Waals surface area contributed by atoms with Gasteiger partial charge in [0.1, 0.15) is 0 Å². The molecule has 2 heterocycles. The minimum Gasteiger partial charge on any atom is -0.468 e. The summed E-state index contributed by atoms with van der Waals surface area (Å²) in [6.07, 6.45) is 1.89. The van der Waals surface area contributed by atoms with Crippen LogP contribution in [0.25, 0.3) is 0 Å². The number of nitrogens with one attached hydrogen (secondary N) is 1. The van der Waals surface area contributed by atoms with Gasteiger partial charge in [-0.15, -0.1) is 0 Å². The van der Waals surface area contributed by atoms with E-state index < -0.39 is 0 Å². The van der Waals surface area contributed by atoms with Crippen molar-refractivity contribution >= 4 is 23.4 Å². The van der Waals surface area contributed by atoms with E-state index in [0.717, 1.165) is 51.1 Å². The average Bonchev–Trinajstić information content (AvgIpc) is 2.68. The van der Waals surface area contributed by atoms with E-state index in [1.54, 1.807) is 12.1 Å². The second-order valence-corrected chi connectivity index (χ2v) is 7.39. The first-order valence-corrected chi connectivity index (χ1v) is 9.51. The lowest BCUT2D eigenvalue weighted by Gasteiger charge is -2.42. The fourth-order valence-corrected chi connectivity index (χ4v) is 3.87. The van der Waals surface area contributed by atoms with E-state index in [1.807, 2.05) is 12.1 Å². The SMILES string of the molecule is COC(=O)CN1CCN(C2CC(C(=O)c3ccc(Cl)cc3)CCN2)CC1. The third-order valence-corrected chi connectivity index (χ3v) is 5.56. The highest BCUT2D eigenvalue weighted by Crippen LogP contribution is 2.24. The second kappa shape index (κ2) is 8.95. The van der Waals surface area contributed by atoms with Crippen LogP contribution in [0.2, 0.25) is 5.02 Å². The molecular weight excluding hydrogens is 354 g/mol. The van der Waals surface area contributed by atoms with Gasteiger partial charge < -0.3 is 10.1 Å². The number of hydrogen-bond donors (Lipinski definition) is 1. The highest BCUT2D eigenvalue weighted by Gasteiger charge is 2.32. The van der Waals surface area contributed by atoms with Gasteiger partial charge in [0, 0.05) is 42.7 Å². The molecule has 1 aromatic rings. The Morgan fingerprint density at radius 1 is 1.19 bits per heavy atom. The van der Waals surface area contributed by atoms with Gasteiger partial charge in [0.25, 0.3) is 0 Å². The van der Waals surface area contributed by atoms with Crippen molar-refractivity contribution in [1.29, 1.82) is 0 Å². The number of hydrogen-bond acceptors (Lipinski definition) is 6. The number of rotatable bonds is 5. The molecule has 6 nitrogen and oxygen atoms in total. The molecular formula is C19H26ClN3O3. The van der Waals surface area contributed by atoms with Crippen LogP contribution in [0.5, 0.6) is 0 Å². The smallest absolute Gasteiger partial charge is 0.319 e. The average molecular weight is 380 g/mol. The Labute approximate surface area is 159 Å². The van der Waals surface area contributed by atoms with Crippen molar-refractivity contribution in [2.75, 3.05) is 46.4 Å². The number of carbonyl (C=O) groups excluding carboxylic acids is 2. The number of benzene rings is 1. The molecule has 26 heavy (non-hydrogen) atoms. The molecule has 0 amide bonds. The number of ketones is 1. The third kappa shape index (κ3) is 4.82. The number of halogens is 1. The molecule has 7 heteroatoms. The topological polar surface area (TPSA) is 61.9 Å². The van der Waals surface area contributed by atoms with Gasteiger partial charge in [-0.3, -0.25) is 19.4 Å². The summed E-state index contributed by atoms with van der Waals surface area (Å²) in [7, 11) is 1.42. The molecule has 142 valence electrons. The van der Waals surface area contributed by atoms with Crippen molar-refractivity contribution in [3.63, 3.8) is 0 Å². The molecule has 1 N–H and O–H groups in total. The number of piperidine rings is 1. The Morgan fingerprint density at radius 3 is 2.54 bits per heavy atom. The fourth-order valence-electron chi connectivity index (χ4n) is 3.74. The van der Waals surface area contributed by atoms with E-state index in [0.29, 0.717) is 11.6 Å². The molecule has 2 unspecified atom stereocenters. The van der Waals surface area contributed by atoms with Crippen LogP contribution < -0.4 is 5.32 Å². The third-order valence-electron chi connectivity index (χ3n) is 5.31. The first-order chi connectivity index (χ1) is 12.6. The molecule has 0 saturated carbocycles. The van der Waals surface area contributed by atoms with Crippen molar-refractivity contribution in [1.82, 2.24) is 15.1 Å². The Hall–Kier alpha value is -1.47. The molecule has 2 aliphatic heterocycles. The molecule has 2 aliphatic rings. The number of Topliss-reactive ketones (excluding diaryl/α,β-unsaturated/α-hetero) is 1. The van der Waals surface area contributed by atoms with Gasteiger partial charge in [-0.1, -0.05) is 11.6 Å². The molecule has 2 saturated heterocycles. The summed E-state index contributed by atoms with van der Waals surface area (Å²) in [4.78, 5) is 28.7. The van der Waals surface area contributed by atoms with Crippen molar-refractivity contribution in [3.8, 4) is 0 Å². The maximum atomic E-state index is 12.8. The highest BCUT2D eigenvalue weighted by atomic mass is 35.5. The minimum absolute atomic E-state index is 0.0375. The number of nitrogens with zero attached hydrogens (tertiary/aromatic N) is 2. The van der Waals surface area contributed by atoms with Crippen molar-refractivity contribution in [2.45, 2.75) is 19.0 Å². The zero-order valence-electron chi connectivity index (χ0n) is 15.1. The molecule has 0 aromatic heterocycles. The Bertz CT molecular complexity index is 629. The summed E-state index contributed by atoms with van der Waals surface area (Å²) in [5, 5.41) is 4.19. The summed E-state index contributed by atoms with van der Waals surface area (Å²) in [5.74, 6) is 0.0517. The zero-order valence-corrected chi connectivity index (χ0v) is 15.9. The normalized spacial score (nSPS) is 25.0. The minimum atomic E-state index is -0.192. The van der Waals surface area contributed by atoms with Crippen molar-refractivity contribution in [3.05, 3.63) is 34.9 Å². The van der Waals surface area contributed by atoms with Crippen LogP contribution in [-0.2, 0) is 9.53 Å². The molecule has 3 rings (SSSR count). The van der Waals surface area contributed by atoms with Gasteiger partial charge in [0.2, 0.25) is 0 Å². The lowest BCUT2D eigenvalue weighted by atomic mass is 9.87. The molecule has 0 radical (unpaired) electrons. The first kappa shape index (κ1) is 19.3. The fraction of sp³-hybridized carbons (Fsp3) is 0.579. The van der Waals surface area contributed by atoms with E-state index in [4.69, 9.17) is 16.3 Å². The Kier molecular flexibility index (Phi) is 6.64. The summed E-state index contributed by atoms with van der Waals surface area (Å²) >= 11 is 5.92.